The number of rotatable bonds is 3. The lowest BCUT2D eigenvalue weighted by Crippen LogP contribution is -2.39. The van der Waals surface area contributed by atoms with Gasteiger partial charge in [-0.25, -0.2) is 8.42 Å². The summed E-state index contributed by atoms with van der Waals surface area (Å²) in [6, 6.07) is 5.13. The molecule has 0 saturated carbocycles. The Balaban J connectivity index is 1.79. The Morgan fingerprint density at radius 1 is 1.18 bits per heavy atom. The quantitative estimate of drug-likeness (QED) is 0.859. The van der Waals surface area contributed by atoms with Crippen molar-refractivity contribution in [3.05, 3.63) is 41.2 Å². The van der Waals surface area contributed by atoms with Crippen LogP contribution in [-0.2, 0) is 10.0 Å². The summed E-state index contributed by atoms with van der Waals surface area (Å²) in [6.45, 7) is 2.65. The Hall–Kier alpha value is -1.44. The number of benzene rings is 1. The minimum atomic E-state index is -3.51. The standard InChI is InChI=1S/C14H17ClN4O2S/c1-11-13(15)3-2-4-14(11)22(20,21)18-9-5-12(6-10-18)19-16-7-8-17-19/h2-4,7-8,12H,5-6,9-10H2,1H3. The summed E-state index contributed by atoms with van der Waals surface area (Å²) in [5, 5.41) is 8.73. The highest BCUT2D eigenvalue weighted by atomic mass is 35.5. The molecule has 22 heavy (non-hydrogen) atoms. The zero-order valence-corrected chi connectivity index (χ0v) is 13.8. The van der Waals surface area contributed by atoms with Crippen molar-refractivity contribution >= 4 is 21.6 Å². The Kier molecular flexibility index (Phi) is 4.20. The molecule has 8 heteroatoms. The van der Waals surface area contributed by atoms with Gasteiger partial charge in [0.25, 0.3) is 0 Å². The van der Waals surface area contributed by atoms with Crippen molar-refractivity contribution in [3.63, 3.8) is 0 Å². The first-order chi connectivity index (χ1) is 10.5. The average Bonchev–Trinajstić information content (AvgIpc) is 3.04. The first kappa shape index (κ1) is 15.5. The number of nitrogens with zero attached hydrogens (tertiary/aromatic N) is 4. The van der Waals surface area contributed by atoms with Crippen LogP contribution in [0, 0.1) is 6.92 Å². The summed E-state index contributed by atoms with van der Waals surface area (Å²) in [7, 11) is -3.51. The van der Waals surface area contributed by atoms with Gasteiger partial charge in [-0.2, -0.15) is 19.3 Å². The minimum absolute atomic E-state index is 0.155. The number of sulfonamides is 1. The molecule has 0 bridgehead atoms. The van der Waals surface area contributed by atoms with E-state index in [1.807, 2.05) is 0 Å². The van der Waals surface area contributed by atoms with Crippen molar-refractivity contribution in [2.45, 2.75) is 30.7 Å². The van der Waals surface area contributed by atoms with Crippen molar-refractivity contribution in [1.29, 1.82) is 0 Å². The summed E-state index contributed by atoms with van der Waals surface area (Å²) in [6.07, 6.45) is 4.68. The fourth-order valence-corrected chi connectivity index (χ4v) is 4.68. The Morgan fingerprint density at radius 2 is 1.82 bits per heavy atom. The number of hydrogen-bond donors (Lipinski definition) is 0. The van der Waals surface area contributed by atoms with Crippen LogP contribution >= 0.6 is 11.6 Å². The molecule has 1 fully saturated rings. The molecule has 0 unspecified atom stereocenters. The second-order valence-electron chi connectivity index (χ2n) is 5.35. The fourth-order valence-electron chi connectivity index (χ4n) is 2.73. The van der Waals surface area contributed by atoms with Crippen LogP contribution in [0.25, 0.3) is 0 Å². The van der Waals surface area contributed by atoms with Crippen molar-refractivity contribution in [1.82, 2.24) is 19.3 Å². The van der Waals surface area contributed by atoms with E-state index in [1.165, 1.54) is 4.31 Å². The number of piperidine rings is 1. The van der Waals surface area contributed by atoms with E-state index in [0.717, 1.165) is 0 Å². The molecule has 1 saturated heterocycles. The predicted molar refractivity (Wildman–Crippen MR) is 83.2 cm³/mol. The maximum Gasteiger partial charge on any atom is 0.243 e. The predicted octanol–water partition coefficient (Wildman–Crippen LogP) is 2.27. The van der Waals surface area contributed by atoms with Gasteiger partial charge in [0.05, 0.1) is 23.3 Å². The third kappa shape index (κ3) is 2.76. The van der Waals surface area contributed by atoms with Crippen LogP contribution in [0.5, 0.6) is 0 Å². The summed E-state index contributed by atoms with van der Waals surface area (Å²) in [5.74, 6) is 0. The lowest BCUT2D eigenvalue weighted by Gasteiger charge is -2.31. The van der Waals surface area contributed by atoms with Gasteiger partial charge in [-0.1, -0.05) is 17.7 Å². The number of hydrogen-bond acceptors (Lipinski definition) is 4. The molecule has 0 spiro atoms. The van der Waals surface area contributed by atoms with E-state index in [2.05, 4.69) is 10.2 Å². The van der Waals surface area contributed by atoms with Gasteiger partial charge in [0.2, 0.25) is 10.0 Å². The van der Waals surface area contributed by atoms with Gasteiger partial charge in [-0.3, -0.25) is 0 Å². The molecule has 1 aromatic carbocycles. The molecule has 1 aliphatic rings. The second-order valence-corrected chi connectivity index (χ2v) is 7.66. The molecule has 0 radical (unpaired) electrons. The van der Waals surface area contributed by atoms with E-state index in [9.17, 15) is 8.42 Å². The maximum atomic E-state index is 12.8. The normalized spacial score (nSPS) is 17.7. The molecule has 0 amide bonds. The summed E-state index contributed by atoms with van der Waals surface area (Å²) < 4.78 is 27.1. The number of halogens is 1. The van der Waals surface area contributed by atoms with E-state index < -0.39 is 10.0 Å². The van der Waals surface area contributed by atoms with Gasteiger partial charge < -0.3 is 0 Å². The second kappa shape index (κ2) is 5.98. The molecule has 0 atom stereocenters. The third-order valence-electron chi connectivity index (χ3n) is 4.02. The number of aromatic nitrogens is 3. The van der Waals surface area contributed by atoms with E-state index in [0.29, 0.717) is 36.5 Å². The first-order valence-corrected chi connectivity index (χ1v) is 8.93. The topological polar surface area (TPSA) is 68.1 Å². The van der Waals surface area contributed by atoms with E-state index in [1.54, 1.807) is 42.3 Å². The van der Waals surface area contributed by atoms with Gasteiger partial charge in [0.15, 0.2) is 0 Å². The van der Waals surface area contributed by atoms with Crippen LogP contribution < -0.4 is 0 Å². The molecule has 2 aromatic rings. The minimum Gasteiger partial charge on any atom is -0.207 e. The van der Waals surface area contributed by atoms with E-state index >= 15 is 0 Å². The van der Waals surface area contributed by atoms with Crippen molar-refractivity contribution in [3.8, 4) is 0 Å². The SMILES string of the molecule is Cc1c(Cl)cccc1S(=O)(=O)N1CCC(n2nccn2)CC1. The van der Waals surface area contributed by atoms with Gasteiger partial charge in [-0.05, 0) is 37.5 Å². The molecule has 0 N–H and O–H groups in total. The lowest BCUT2D eigenvalue weighted by molar-refractivity contribution is 0.245. The molecule has 118 valence electrons. The highest BCUT2D eigenvalue weighted by molar-refractivity contribution is 7.89. The van der Waals surface area contributed by atoms with Crippen molar-refractivity contribution < 1.29 is 8.42 Å². The zero-order valence-electron chi connectivity index (χ0n) is 12.2. The Bertz CT molecular complexity index is 753. The molecular weight excluding hydrogens is 324 g/mol. The van der Waals surface area contributed by atoms with Crippen molar-refractivity contribution in [2.75, 3.05) is 13.1 Å². The lowest BCUT2D eigenvalue weighted by atomic mass is 10.1. The molecule has 1 aromatic heterocycles. The highest BCUT2D eigenvalue weighted by Gasteiger charge is 2.31. The van der Waals surface area contributed by atoms with Crippen LogP contribution in [0.2, 0.25) is 5.02 Å². The molecule has 6 nitrogen and oxygen atoms in total. The smallest absolute Gasteiger partial charge is 0.207 e. The van der Waals surface area contributed by atoms with Gasteiger partial charge in [0.1, 0.15) is 0 Å². The van der Waals surface area contributed by atoms with Crippen LogP contribution in [0.1, 0.15) is 24.4 Å². The maximum absolute atomic E-state index is 12.8. The van der Waals surface area contributed by atoms with Gasteiger partial charge >= 0.3 is 0 Å². The highest BCUT2D eigenvalue weighted by Crippen LogP contribution is 2.29. The summed E-state index contributed by atoms with van der Waals surface area (Å²) in [5.41, 5.74) is 0.597. The van der Waals surface area contributed by atoms with Crippen molar-refractivity contribution in [2.24, 2.45) is 0 Å². The van der Waals surface area contributed by atoms with Crippen LogP contribution in [0.3, 0.4) is 0 Å². The van der Waals surface area contributed by atoms with E-state index in [-0.39, 0.29) is 10.9 Å². The molecule has 1 aliphatic heterocycles. The van der Waals surface area contributed by atoms with E-state index in [4.69, 9.17) is 11.6 Å². The molecular formula is C14H17ClN4O2S. The zero-order chi connectivity index (χ0) is 15.7. The van der Waals surface area contributed by atoms with Crippen LogP contribution in [0.4, 0.5) is 0 Å². The van der Waals surface area contributed by atoms with Crippen LogP contribution in [0.15, 0.2) is 35.5 Å². The molecule has 0 aliphatic carbocycles. The molecule has 3 rings (SSSR count). The third-order valence-corrected chi connectivity index (χ3v) is 6.48. The summed E-state index contributed by atoms with van der Waals surface area (Å²) in [4.78, 5) is 1.95. The average molecular weight is 341 g/mol. The van der Waals surface area contributed by atoms with Gasteiger partial charge in [0, 0.05) is 18.1 Å². The largest absolute Gasteiger partial charge is 0.243 e. The summed E-state index contributed by atoms with van der Waals surface area (Å²) >= 11 is 6.05. The fraction of sp³-hybridized carbons (Fsp3) is 0.429. The Labute approximate surface area is 134 Å². The molecule has 2 heterocycles. The monoisotopic (exact) mass is 340 g/mol. The van der Waals surface area contributed by atoms with Crippen LogP contribution in [-0.4, -0.2) is 40.8 Å². The van der Waals surface area contributed by atoms with Gasteiger partial charge in [-0.15, -0.1) is 0 Å². The Morgan fingerprint density at radius 3 is 2.45 bits per heavy atom. The first-order valence-electron chi connectivity index (χ1n) is 7.11.